The zero-order valence-electron chi connectivity index (χ0n) is 16.9. The van der Waals surface area contributed by atoms with Crippen molar-refractivity contribution in [1.82, 2.24) is 19.9 Å². The molecule has 0 unspecified atom stereocenters. The van der Waals surface area contributed by atoms with Crippen LogP contribution in [0, 0.1) is 6.92 Å². The topological polar surface area (TPSA) is 73.2 Å². The van der Waals surface area contributed by atoms with Crippen molar-refractivity contribution in [2.75, 3.05) is 7.11 Å². The molecule has 1 aliphatic rings. The second kappa shape index (κ2) is 8.90. The monoisotopic (exact) mass is 387 g/mol. The molecular weight excluding hydrogens is 362 g/mol. The van der Waals surface area contributed by atoms with Crippen molar-refractivity contribution >= 4 is 5.71 Å². The lowest BCUT2D eigenvalue weighted by molar-refractivity contribution is 0.212. The number of oxime groups is 1. The molecule has 0 radical (unpaired) electrons. The molecule has 0 bridgehead atoms. The molecule has 0 amide bonds. The van der Waals surface area contributed by atoms with Gasteiger partial charge in [-0.05, 0) is 68.9 Å². The van der Waals surface area contributed by atoms with E-state index in [0.717, 1.165) is 84.1 Å². The lowest BCUT2D eigenvalue weighted by atomic mass is 9.95. The maximum Gasteiger partial charge on any atom is 0.129 e. The molecule has 1 aliphatic carbocycles. The van der Waals surface area contributed by atoms with E-state index in [0.29, 0.717) is 0 Å². The van der Waals surface area contributed by atoms with Crippen LogP contribution in [-0.4, -0.2) is 32.8 Å². The van der Waals surface area contributed by atoms with Gasteiger partial charge in [-0.1, -0.05) is 17.3 Å². The lowest BCUT2D eigenvalue weighted by Gasteiger charge is -2.16. The predicted molar refractivity (Wildman–Crippen MR) is 113 cm³/mol. The van der Waals surface area contributed by atoms with E-state index in [1.165, 1.54) is 0 Å². The van der Waals surface area contributed by atoms with Gasteiger partial charge in [0.05, 0.1) is 17.1 Å². The highest BCUT2D eigenvalue weighted by Crippen LogP contribution is 2.20. The summed E-state index contributed by atoms with van der Waals surface area (Å²) in [6, 6.07) is 12.1. The molecule has 0 aliphatic heterocycles. The average molecular weight is 387 g/mol. The van der Waals surface area contributed by atoms with Crippen molar-refractivity contribution in [1.29, 1.82) is 0 Å². The van der Waals surface area contributed by atoms with Gasteiger partial charge in [0, 0.05) is 24.0 Å². The number of nitrogens with zero attached hydrogens (tertiary/aromatic N) is 5. The van der Waals surface area contributed by atoms with E-state index < -0.39 is 0 Å². The molecule has 6 heteroatoms. The summed E-state index contributed by atoms with van der Waals surface area (Å²) < 4.78 is 0. The molecule has 0 atom stereocenters. The maximum absolute atomic E-state index is 4.99. The summed E-state index contributed by atoms with van der Waals surface area (Å²) in [7, 11) is 1.58. The summed E-state index contributed by atoms with van der Waals surface area (Å²) in [6.45, 7) is 1.99. The van der Waals surface area contributed by atoms with E-state index in [2.05, 4.69) is 21.2 Å². The Morgan fingerprint density at radius 1 is 0.966 bits per heavy atom. The number of aryl methyl sites for hydroxylation is 4. The normalized spacial score (nSPS) is 14.6. The Kier molecular flexibility index (Phi) is 5.89. The molecule has 3 aromatic heterocycles. The maximum atomic E-state index is 4.99. The first-order valence-electron chi connectivity index (χ1n) is 10.1. The number of aromatic nitrogens is 4. The van der Waals surface area contributed by atoms with E-state index in [-0.39, 0.29) is 0 Å². The van der Waals surface area contributed by atoms with Crippen LogP contribution in [0.15, 0.2) is 47.8 Å². The van der Waals surface area contributed by atoms with Crippen molar-refractivity contribution in [3.63, 3.8) is 0 Å². The minimum atomic E-state index is 0.808. The molecule has 3 aromatic rings. The third-order valence-corrected chi connectivity index (χ3v) is 5.04. The van der Waals surface area contributed by atoms with Crippen LogP contribution < -0.4 is 0 Å². The minimum Gasteiger partial charge on any atom is -0.399 e. The number of hydrogen-bond donors (Lipinski definition) is 0. The molecule has 0 aromatic carbocycles. The first-order valence-corrected chi connectivity index (χ1v) is 10.1. The van der Waals surface area contributed by atoms with E-state index in [9.17, 15) is 0 Å². The smallest absolute Gasteiger partial charge is 0.129 e. The predicted octanol–water partition coefficient (Wildman–Crippen LogP) is 4.10. The molecule has 29 heavy (non-hydrogen) atoms. The van der Waals surface area contributed by atoms with Crippen molar-refractivity contribution < 1.29 is 4.84 Å². The Balaban J connectivity index is 1.43. The van der Waals surface area contributed by atoms with Crippen LogP contribution in [0.1, 0.15) is 47.7 Å². The first-order chi connectivity index (χ1) is 14.2. The van der Waals surface area contributed by atoms with Gasteiger partial charge in [0.25, 0.3) is 0 Å². The van der Waals surface area contributed by atoms with Crippen molar-refractivity contribution in [3.8, 4) is 11.4 Å². The number of fused-ring (bicyclic) bond motifs is 1. The van der Waals surface area contributed by atoms with E-state index >= 15 is 0 Å². The third-order valence-electron chi connectivity index (χ3n) is 5.04. The highest BCUT2D eigenvalue weighted by molar-refractivity contribution is 6.00. The van der Waals surface area contributed by atoms with E-state index in [4.69, 9.17) is 14.8 Å². The van der Waals surface area contributed by atoms with Crippen LogP contribution in [0.4, 0.5) is 0 Å². The fraction of sp³-hybridized carbons (Fsp3) is 0.348. The van der Waals surface area contributed by atoms with Gasteiger partial charge in [0.15, 0.2) is 0 Å². The van der Waals surface area contributed by atoms with E-state index in [1.807, 2.05) is 43.5 Å². The Labute approximate surface area is 171 Å². The fourth-order valence-electron chi connectivity index (χ4n) is 3.64. The van der Waals surface area contributed by atoms with Crippen molar-refractivity contribution in [2.45, 2.75) is 45.4 Å². The summed E-state index contributed by atoms with van der Waals surface area (Å²) in [5, 5.41) is 4.15. The summed E-state index contributed by atoms with van der Waals surface area (Å²) in [5.41, 5.74) is 6.93. The van der Waals surface area contributed by atoms with Crippen molar-refractivity contribution in [2.24, 2.45) is 5.16 Å². The van der Waals surface area contributed by atoms with Gasteiger partial charge in [-0.25, -0.2) is 9.97 Å². The van der Waals surface area contributed by atoms with Gasteiger partial charge < -0.3 is 4.84 Å². The van der Waals surface area contributed by atoms with Gasteiger partial charge in [-0.15, -0.1) is 0 Å². The number of pyridine rings is 2. The van der Waals surface area contributed by atoms with Gasteiger partial charge in [-0.2, -0.15) is 0 Å². The van der Waals surface area contributed by atoms with Gasteiger partial charge >= 0.3 is 0 Å². The second-order valence-electron chi connectivity index (χ2n) is 7.27. The van der Waals surface area contributed by atoms with E-state index in [1.54, 1.807) is 7.11 Å². The Hall–Kier alpha value is -3.15. The Morgan fingerprint density at radius 2 is 1.79 bits per heavy atom. The highest BCUT2D eigenvalue weighted by Gasteiger charge is 2.19. The standard InChI is InChI=1S/C23H25N5O/c1-16-7-3-11-19(25-16)20-12-5-9-18(26-20)10-6-14-22-24-15-17-8-4-13-21(28-29-2)23(17)27-22/h3,5,7,9,11-12,15H,4,6,8,10,13-14H2,1-2H3/b28-21+. The first kappa shape index (κ1) is 19.2. The highest BCUT2D eigenvalue weighted by atomic mass is 16.6. The summed E-state index contributed by atoms with van der Waals surface area (Å²) in [5.74, 6) is 0.853. The lowest BCUT2D eigenvalue weighted by Crippen LogP contribution is -2.16. The second-order valence-corrected chi connectivity index (χ2v) is 7.27. The summed E-state index contributed by atoms with van der Waals surface area (Å²) in [4.78, 5) is 23.7. The zero-order valence-corrected chi connectivity index (χ0v) is 16.9. The molecule has 0 fully saturated rings. The quantitative estimate of drug-likeness (QED) is 0.595. The summed E-state index contributed by atoms with van der Waals surface area (Å²) >= 11 is 0. The Morgan fingerprint density at radius 3 is 2.62 bits per heavy atom. The van der Waals surface area contributed by atoms with Crippen LogP contribution in [0.25, 0.3) is 11.4 Å². The zero-order chi connectivity index (χ0) is 20.1. The molecule has 6 nitrogen and oxygen atoms in total. The largest absolute Gasteiger partial charge is 0.399 e. The van der Waals surface area contributed by atoms with Gasteiger partial charge in [0.1, 0.15) is 18.6 Å². The minimum absolute atomic E-state index is 0.808. The van der Waals surface area contributed by atoms with Crippen LogP contribution in [0.3, 0.4) is 0 Å². The van der Waals surface area contributed by atoms with Crippen LogP contribution in [0.5, 0.6) is 0 Å². The molecule has 0 spiro atoms. The third kappa shape index (κ3) is 4.65. The van der Waals surface area contributed by atoms with Gasteiger partial charge in [0.2, 0.25) is 0 Å². The average Bonchev–Trinajstić information content (AvgIpc) is 2.75. The fourth-order valence-corrected chi connectivity index (χ4v) is 3.64. The Bertz CT molecular complexity index is 1030. The summed E-state index contributed by atoms with van der Waals surface area (Å²) in [6.07, 6.45) is 7.54. The molecule has 0 saturated heterocycles. The molecule has 0 saturated carbocycles. The van der Waals surface area contributed by atoms with Crippen LogP contribution in [-0.2, 0) is 24.1 Å². The SMILES string of the molecule is CO/N=C1\CCCc2cnc(CCCc3cccc(-c4cccc(C)n4)n3)nc21. The molecule has 0 N–H and O–H groups in total. The molecule has 148 valence electrons. The van der Waals surface area contributed by atoms with Crippen LogP contribution >= 0.6 is 0 Å². The molecule has 3 heterocycles. The van der Waals surface area contributed by atoms with Crippen LogP contribution in [0.2, 0.25) is 0 Å². The number of rotatable bonds is 6. The van der Waals surface area contributed by atoms with Crippen molar-refractivity contribution in [3.05, 3.63) is 71.1 Å². The molecular formula is C23H25N5O. The molecule has 4 rings (SSSR count). The number of hydrogen-bond acceptors (Lipinski definition) is 6. The van der Waals surface area contributed by atoms with Gasteiger partial charge in [-0.3, -0.25) is 9.97 Å².